The van der Waals surface area contributed by atoms with Crippen molar-refractivity contribution in [2.24, 2.45) is 0 Å². The number of aromatic nitrogens is 2. The van der Waals surface area contributed by atoms with Gasteiger partial charge in [-0.3, -0.25) is 4.79 Å². The predicted molar refractivity (Wildman–Crippen MR) is 146 cm³/mol. The number of hydrogen-bond donors (Lipinski definition) is 2. The molecule has 1 amide bonds. The van der Waals surface area contributed by atoms with Crippen LogP contribution in [0.1, 0.15) is 23.6 Å². The van der Waals surface area contributed by atoms with E-state index in [-0.39, 0.29) is 35.8 Å². The zero-order valence-electron chi connectivity index (χ0n) is 21.7. The van der Waals surface area contributed by atoms with Crippen molar-refractivity contribution < 1.29 is 23.8 Å². The van der Waals surface area contributed by atoms with Gasteiger partial charge in [0.05, 0.1) is 25.8 Å². The lowest BCUT2D eigenvalue weighted by molar-refractivity contribution is -0.131. The first kappa shape index (κ1) is 26.0. The largest absolute Gasteiger partial charge is 0.508 e. The summed E-state index contributed by atoms with van der Waals surface area (Å²) >= 11 is 0. The van der Waals surface area contributed by atoms with Crippen LogP contribution in [0.15, 0.2) is 60.7 Å². The summed E-state index contributed by atoms with van der Waals surface area (Å²) in [6.07, 6.45) is 1.96. The SMILES string of the molecule is COc1cc2nc(N3CCN(C(=O)C[CH]c4ccc(F)cc4)CC3c3cccc(O)c3)nc(N)c2cc1OC. The van der Waals surface area contributed by atoms with Gasteiger partial charge in [-0.1, -0.05) is 24.3 Å². The molecule has 1 atom stereocenters. The average Bonchev–Trinajstić information content (AvgIpc) is 2.95. The fourth-order valence-corrected chi connectivity index (χ4v) is 4.79. The van der Waals surface area contributed by atoms with Crippen LogP contribution in [0.2, 0.25) is 0 Å². The normalized spacial score (nSPS) is 15.4. The molecule has 1 saturated heterocycles. The molecule has 0 bridgehead atoms. The Balaban J connectivity index is 1.44. The van der Waals surface area contributed by atoms with Gasteiger partial charge in [0, 0.05) is 37.5 Å². The lowest BCUT2D eigenvalue weighted by atomic mass is 10.0. The van der Waals surface area contributed by atoms with Crippen molar-refractivity contribution in [1.82, 2.24) is 14.9 Å². The van der Waals surface area contributed by atoms with Gasteiger partial charge >= 0.3 is 0 Å². The number of methoxy groups -OCH3 is 2. The van der Waals surface area contributed by atoms with Crippen molar-refractivity contribution in [3.05, 3.63) is 84.0 Å². The number of hydrogen-bond acceptors (Lipinski definition) is 8. The van der Waals surface area contributed by atoms with E-state index in [2.05, 4.69) is 4.98 Å². The van der Waals surface area contributed by atoms with Gasteiger partial charge in [0.25, 0.3) is 0 Å². The average molecular weight is 531 g/mol. The molecule has 1 radical (unpaired) electrons. The molecule has 1 aliphatic heterocycles. The molecule has 201 valence electrons. The summed E-state index contributed by atoms with van der Waals surface area (Å²) in [7, 11) is 3.10. The zero-order valence-corrected chi connectivity index (χ0v) is 21.7. The number of piperazine rings is 1. The number of ether oxygens (including phenoxy) is 2. The van der Waals surface area contributed by atoms with Crippen LogP contribution in [-0.2, 0) is 4.79 Å². The number of fused-ring (bicyclic) bond motifs is 1. The fraction of sp³-hybridized carbons (Fsp3) is 0.241. The lowest BCUT2D eigenvalue weighted by Crippen LogP contribution is -2.51. The van der Waals surface area contributed by atoms with E-state index in [0.29, 0.717) is 48.0 Å². The monoisotopic (exact) mass is 530 g/mol. The van der Waals surface area contributed by atoms with E-state index in [0.717, 1.165) is 11.1 Å². The van der Waals surface area contributed by atoms with Gasteiger partial charge in [0.1, 0.15) is 17.4 Å². The molecule has 5 rings (SSSR count). The minimum atomic E-state index is -0.336. The predicted octanol–water partition coefficient (Wildman–Crippen LogP) is 4.11. The van der Waals surface area contributed by atoms with Crippen molar-refractivity contribution in [2.75, 3.05) is 44.5 Å². The second-order valence-electron chi connectivity index (χ2n) is 9.24. The van der Waals surface area contributed by atoms with Gasteiger partial charge in [-0.2, -0.15) is 4.98 Å². The maximum atomic E-state index is 13.2. The Morgan fingerprint density at radius 1 is 1.08 bits per heavy atom. The number of benzene rings is 3. The summed E-state index contributed by atoms with van der Waals surface area (Å²) < 4.78 is 24.1. The van der Waals surface area contributed by atoms with Gasteiger partial charge < -0.3 is 30.1 Å². The first-order chi connectivity index (χ1) is 18.9. The number of carbonyl (C=O) groups excluding carboxylic acids is 1. The van der Waals surface area contributed by atoms with E-state index in [1.54, 1.807) is 68.0 Å². The number of nitrogens with zero attached hydrogens (tertiary/aromatic N) is 4. The van der Waals surface area contributed by atoms with Crippen molar-refractivity contribution in [1.29, 1.82) is 0 Å². The molecule has 0 aliphatic carbocycles. The molecule has 1 aliphatic rings. The van der Waals surface area contributed by atoms with Crippen molar-refractivity contribution >= 4 is 28.6 Å². The third-order valence-electron chi connectivity index (χ3n) is 6.85. The zero-order chi connectivity index (χ0) is 27.5. The molecule has 0 saturated carbocycles. The second-order valence-corrected chi connectivity index (χ2v) is 9.24. The quantitative estimate of drug-likeness (QED) is 0.367. The summed E-state index contributed by atoms with van der Waals surface area (Å²) in [5.74, 6) is 1.49. The number of rotatable bonds is 7. The van der Waals surface area contributed by atoms with E-state index < -0.39 is 0 Å². The molecular formula is C29H29FN5O4. The minimum Gasteiger partial charge on any atom is -0.508 e. The topological polar surface area (TPSA) is 114 Å². The van der Waals surface area contributed by atoms with Gasteiger partial charge in [-0.15, -0.1) is 0 Å². The lowest BCUT2D eigenvalue weighted by Gasteiger charge is -2.42. The maximum Gasteiger partial charge on any atom is 0.228 e. The first-order valence-electron chi connectivity index (χ1n) is 12.5. The second kappa shape index (κ2) is 11.0. The van der Waals surface area contributed by atoms with Crippen molar-refractivity contribution in [2.45, 2.75) is 12.5 Å². The fourth-order valence-electron chi connectivity index (χ4n) is 4.79. The number of phenols is 1. The number of halogens is 1. The van der Waals surface area contributed by atoms with Gasteiger partial charge in [-0.05, 0) is 47.9 Å². The first-order valence-corrected chi connectivity index (χ1v) is 12.5. The molecule has 3 aromatic carbocycles. The van der Waals surface area contributed by atoms with Gasteiger partial charge in [-0.25, -0.2) is 9.37 Å². The molecule has 39 heavy (non-hydrogen) atoms. The summed E-state index contributed by atoms with van der Waals surface area (Å²) in [5.41, 5.74) is 8.54. The van der Waals surface area contributed by atoms with Crippen LogP contribution in [0.25, 0.3) is 10.9 Å². The number of carbonyl (C=O) groups is 1. The van der Waals surface area contributed by atoms with Crippen LogP contribution >= 0.6 is 0 Å². The van der Waals surface area contributed by atoms with E-state index >= 15 is 0 Å². The molecule has 10 heteroatoms. The van der Waals surface area contributed by atoms with Crippen LogP contribution in [0.4, 0.5) is 16.2 Å². The Morgan fingerprint density at radius 3 is 2.54 bits per heavy atom. The minimum absolute atomic E-state index is 0.0556. The molecule has 1 unspecified atom stereocenters. The van der Waals surface area contributed by atoms with Crippen LogP contribution in [0.3, 0.4) is 0 Å². The number of nitrogens with two attached hydrogens (primary N) is 1. The molecule has 4 aromatic rings. The number of amides is 1. The van der Waals surface area contributed by atoms with E-state index in [4.69, 9.17) is 20.2 Å². The number of phenolic OH excluding ortho intramolecular Hbond substituents is 1. The number of aromatic hydroxyl groups is 1. The molecular weight excluding hydrogens is 501 g/mol. The Bertz CT molecular complexity index is 1500. The number of nitrogen functional groups attached to an aromatic ring is 1. The highest BCUT2D eigenvalue weighted by Crippen LogP contribution is 2.36. The van der Waals surface area contributed by atoms with Crippen LogP contribution in [0, 0.1) is 12.2 Å². The highest BCUT2D eigenvalue weighted by molar-refractivity contribution is 5.92. The van der Waals surface area contributed by atoms with E-state index in [1.807, 2.05) is 11.0 Å². The molecule has 2 heterocycles. The Hall–Kier alpha value is -4.60. The molecule has 0 spiro atoms. The Morgan fingerprint density at radius 2 is 1.82 bits per heavy atom. The highest BCUT2D eigenvalue weighted by Gasteiger charge is 2.33. The standard InChI is InChI=1S/C29H29FN5O4/c1-38-25-15-22-23(16-26(25)39-2)32-29(33-28(22)31)35-13-12-34(17-24(35)19-4-3-5-21(36)14-19)27(37)11-8-18-6-9-20(30)10-7-18/h3-10,14-16,24,36H,11-13,17H2,1-2H3,(H2,31,32,33). The smallest absolute Gasteiger partial charge is 0.228 e. The van der Waals surface area contributed by atoms with Crippen LogP contribution in [-0.4, -0.2) is 59.7 Å². The van der Waals surface area contributed by atoms with Crippen molar-refractivity contribution in [3.63, 3.8) is 0 Å². The third-order valence-corrected chi connectivity index (χ3v) is 6.85. The Kier molecular flexibility index (Phi) is 7.36. The van der Waals surface area contributed by atoms with E-state index in [1.165, 1.54) is 12.1 Å². The molecule has 1 aromatic heterocycles. The van der Waals surface area contributed by atoms with Crippen molar-refractivity contribution in [3.8, 4) is 17.2 Å². The van der Waals surface area contributed by atoms with Crippen LogP contribution in [0.5, 0.6) is 17.2 Å². The maximum absolute atomic E-state index is 13.2. The van der Waals surface area contributed by atoms with Gasteiger partial charge in [0.15, 0.2) is 11.5 Å². The molecule has 1 fully saturated rings. The molecule has 9 nitrogen and oxygen atoms in total. The summed E-state index contributed by atoms with van der Waals surface area (Å²) in [6.45, 7) is 1.24. The van der Waals surface area contributed by atoms with Crippen LogP contribution < -0.4 is 20.1 Å². The summed E-state index contributed by atoms with van der Waals surface area (Å²) in [5, 5.41) is 10.8. The summed E-state index contributed by atoms with van der Waals surface area (Å²) in [6, 6.07) is 16.1. The van der Waals surface area contributed by atoms with Gasteiger partial charge in [0.2, 0.25) is 11.9 Å². The number of anilines is 2. The van der Waals surface area contributed by atoms with E-state index in [9.17, 15) is 14.3 Å². The molecule has 3 N–H and O–H groups in total. The Labute approximate surface area is 225 Å². The summed E-state index contributed by atoms with van der Waals surface area (Å²) in [4.78, 5) is 26.3. The third kappa shape index (κ3) is 5.50. The highest BCUT2D eigenvalue weighted by atomic mass is 19.1.